The quantitative estimate of drug-likeness (QED) is 0.417. The highest BCUT2D eigenvalue weighted by Gasteiger charge is 2.52. The van der Waals surface area contributed by atoms with Crippen LogP contribution in [0.5, 0.6) is 0 Å². The number of carbonyl (C=O) groups excluding carboxylic acids is 3. The summed E-state index contributed by atoms with van der Waals surface area (Å²) in [5.74, 6) is -1.42. The summed E-state index contributed by atoms with van der Waals surface area (Å²) in [6, 6.07) is 22.3. The Balaban J connectivity index is 1.51. The molecule has 9 nitrogen and oxygen atoms in total. The Hall–Kier alpha value is -4.02. The largest absolute Gasteiger partial charge is 0.344 e. The third kappa shape index (κ3) is 4.79. The van der Waals surface area contributed by atoms with Gasteiger partial charge in [-0.2, -0.15) is 5.01 Å². The van der Waals surface area contributed by atoms with Gasteiger partial charge in [-0.15, -0.1) is 0 Å². The molecular weight excluding hydrogens is 468 g/mol. The number of hydrazine groups is 1. The van der Waals surface area contributed by atoms with Crippen LogP contribution in [-0.2, 0) is 26.9 Å². The second-order valence-electron chi connectivity index (χ2n) is 7.97. The molecule has 1 aliphatic heterocycles. The van der Waals surface area contributed by atoms with E-state index in [2.05, 4.69) is 15.5 Å². The minimum Gasteiger partial charge on any atom is -0.318 e. The minimum atomic E-state index is -3.91. The topological polar surface area (TPSA) is 125 Å². The maximum absolute atomic E-state index is 13.2. The second-order valence-corrected chi connectivity index (χ2v) is 9.74. The van der Waals surface area contributed by atoms with Crippen LogP contribution in [0.1, 0.15) is 34.8 Å². The van der Waals surface area contributed by atoms with Crippen molar-refractivity contribution in [2.45, 2.75) is 30.3 Å². The summed E-state index contributed by atoms with van der Waals surface area (Å²) < 4.78 is 28.0. The summed E-state index contributed by atoms with van der Waals surface area (Å²) in [6.07, 6.45) is 0.273. The molecule has 0 unspecified atom stereocenters. The van der Waals surface area contributed by atoms with Crippen molar-refractivity contribution in [1.82, 2.24) is 20.5 Å². The number of amides is 4. The molecule has 1 saturated heterocycles. The van der Waals surface area contributed by atoms with Crippen LogP contribution in [0.15, 0.2) is 89.8 Å². The Morgan fingerprint density at radius 2 is 1.60 bits per heavy atom. The fraction of sp³-hybridized carbons (Fsp3) is 0.160. The molecule has 180 valence electrons. The maximum Gasteiger partial charge on any atom is 0.344 e. The number of hydrogen-bond donors (Lipinski definition) is 3. The second kappa shape index (κ2) is 9.69. The Morgan fingerprint density at radius 1 is 0.943 bits per heavy atom. The van der Waals surface area contributed by atoms with E-state index in [0.717, 1.165) is 5.56 Å². The van der Waals surface area contributed by atoms with E-state index in [1.165, 1.54) is 24.3 Å². The Bertz CT molecular complexity index is 1360. The van der Waals surface area contributed by atoms with Crippen LogP contribution in [0.4, 0.5) is 4.79 Å². The van der Waals surface area contributed by atoms with E-state index < -0.39 is 33.4 Å². The van der Waals surface area contributed by atoms with E-state index in [1.54, 1.807) is 61.5 Å². The standard InChI is InChI=1S/C25H24N4O5S/c1-2-25(20-13-7-4-8-14-20)23(31)29(24(32)27-25)28-22(30)19-12-9-15-21(16-19)35(33,34)26-17-18-10-5-3-6-11-18/h3-16,26H,2,17H2,1H3,(H,27,32)(H,28,30)/t25-/m0/s1. The molecule has 0 bridgehead atoms. The van der Waals surface area contributed by atoms with Gasteiger partial charge >= 0.3 is 6.03 Å². The Kier molecular flexibility index (Phi) is 6.68. The van der Waals surface area contributed by atoms with E-state index in [9.17, 15) is 22.8 Å². The van der Waals surface area contributed by atoms with Crippen LogP contribution >= 0.6 is 0 Å². The molecule has 35 heavy (non-hydrogen) atoms. The molecule has 0 aliphatic carbocycles. The fourth-order valence-corrected chi connectivity index (χ4v) is 4.93. The van der Waals surface area contributed by atoms with Crippen molar-refractivity contribution in [3.63, 3.8) is 0 Å². The normalized spacial score (nSPS) is 17.8. The molecule has 4 rings (SSSR count). The van der Waals surface area contributed by atoms with E-state index in [1.807, 2.05) is 6.07 Å². The summed E-state index contributed by atoms with van der Waals surface area (Å²) in [5.41, 5.74) is 2.35. The van der Waals surface area contributed by atoms with Gasteiger partial charge in [0.1, 0.15) is 5.54 Å². The molecule has 3 aromatic rings. The van der Waals surface area contributed by atoms with Gasteiger partial charge in [-0.25, -0.2) is 17.9 Å². The van der Waals surface area contributed by atoms with Crippen LogP contribution in [0.25, 0.3) is 0 Å². The molecule has 10 heteroatoms. The van der Waals surface area contributed by atoms with Gasteiger partial charge in [0.25, 0.3) is 11.8 Å². The first-order valence-electron chi connectivity index (χ1n) is 10.9. The minimum absolute atomic E-state index is 0.0260. The number of benzene rings is 3. The molecule has 1 aliphatic rings. The van der Waals surface area contributed by atoms with Crippen LogP contribution in [0, 0.1) is 0 Å². The molecule has 1 atom stereocenters. The summed E-state index contributed by atoms with van der Waals surface area (Å²) in [5, 5.41) is 3.31. The molecule has 1 heterocycles. The number of nitrogens with one attached hydrogen (secondary N) is 3. The smallest absolute Gasteiger partial charge is 0.318 e. The first-order valence-corrected chi connectivity index (χ1v) is 12.4. The van der Waals surface area contributed by atoms with Gasteiger partial charge in [0.2, 0.25) is 10.0 Å². The molecular formula is C25H24N4O5S. The number of carbonyl (C=O) groups is 3. The molecule has 3 aromatic carbocycles. The lowest BCUT2D eigenvalue weighted by molar-refractivity contribution is -0.133. The fourth-order valence-electron chi connectivity index (χ4n) is 3.87. The van der Waals surface area contributed by atoms with Crippen molar-refractivity contribution in [3.05, 3.63) is 102 Å². The summed E-state index contributed by atoms with van der Waals surface area (Å²) in [4.78, 5) is 38.6. The van der Waals surface area contributed by atoms with Gasteiger partial charge < -0.3 is 5.32 Å². The molecule has 4 amide bonds. The number of rotatable bonds is 8. The third-order valence-electron chi connectivity index (χ3n) is 5.82. The highest BCUT2D eigenvalue weighted by Crippen LogP contribution is 2.31. The van der Waals surface area contributed by atoms with Crippen molar-refractivity contribution in [2.75, 3.05) is 0 Å². The Labute approximate surface area is 203 Å². The van der Waals surface area contributed by atoms with Crippen LogP contribution in [0.2, 0.25) is 0 Å². The zero-order valence-corrected chi connectivity index (χ0v) is 19.7. The Morgan fingerprint density at radius 3 is 2.26 bits per heavy atom. The number of sulfonamides is 1. The van der Waals surface area contributed by atoms with Crippen molar-refractivity contribution in [1.29, 1.82) is 0 Å². The van der Waals surface area contributed by atoms with Crippen LogP contribution in [0.3, 0.4) is 0 Å². The van der Waals surface area contributed by atoms with Gasteiger partial charge in [0.05, 0.1) is 4.90 Å². The predicted molar refractivity (Wildman–Crippen MR) is 128 cm³/mol. The lowest BCUT2D eigenvalue weighted by Gasteiger charge is -2.25. The number of imide groups is 1. The van der Waals surface area contributed by atoms with Gasteiger partial charge in [-0.05, 0) is 35.7 Å². The summed E-state index contributed by atoms with van der Waals surface area (Å²) >= 11 is 0. The SMILES string of the molecule is CC[C@@]1(c2ccccc2)NC(=O)N(NC(=O)c2cccc(S(=O)(=O)NCc3ccccc3)c2)C1=O. The average Bonchev–Trinajstić information content (AvgIpc) is 3.14. The molecule has 0 aromatic heterocycles. The highest BCUT2D eigenvalue weighted by molar-refractivity contribution is 7.89. The molecule has 0 saturated carbocycles. The monoisotopic (exact) mass is 492 g/mol. The van der Waals surface area contributed by atoms with E-state index in [4.69, 9.17) is 0 Å². The lowest BCUT2D eigenvalue weighted by Crippen LogP contribution is -2.48. The van der Waals surface area contributed by atoms with Crippen LogP contribution in [-0.4, -0.2) is 31.3 Å². The van der Waals surface area contributed by atoms with Crippen molar-refractivity contribution < 1.29 is 22.8 Å². The predicted octanol–water partition coefficient (Wildman–Crippen LogP) is 2.67. The van der Waals surface area contributed by atoms with Gasteiger partial charge in [-0.3, -0.25) is 15.0 Å². The zero-order valence-electron chi connectivity index (χ0n) is 18.9. The van der Waals surface area contributed by atoms with E-state index in [0.29, 0.717) is 10.6 Å². The third-order valence-corrected chi connectivity index (χ3v) is 7.22. The first kappa shape index (κ1) is 24.1. The molecule has 1 fully saturated rings. The first-order chi connectivity index (χ1) is 16.8. The summed E-state index contributed by atoms with van der Waals surface area (Å²) in [6.45, 7) is 1.84. The van der Waals surface area contributed by atoms with Gasteiger partial charge in [0, 0.05) is 12.1 Å². The zero-order chi connectivity index (χ0) is 25.1. The van der Waals surface area contributed by atoms with Gasteiger partial charge in [0.15, 0.2) is 0 Å². The number of urea groups is 1. The van der Waals surface area contributed by atoms with Crippen molar-refractivity contribution in [3.8, 4) is 0 Å². The maximum atomic E-state index is 13.2. The number of hydrogen-bond acceptors (Lipinski definition) is 5. The number of nitrogens with zero attached hydrogens (tertiary/aromatic N) is 1. The van der Waals surface area contributed by atoms with E-state index >= 15 is 0 Å². The van der Waals surface area contributed by atoms with Gasteiger partial charge in [-0.1, -0.05) is 73.7 Å². The molecule has 0 radical (unpaired) electrons. The summed E-state index contributed by atoms with van der Waals surface area (Å²) in [7, 11) is -3.91. The van der Waals surface area contributed by atoms with Crippen molar-refractivity contribution in [2.24, 2.45) is 0 Å². The van der Waals surface area contributed by atoms with E-state index in [-0.39, 0.29) is 23.4 Å². The van der Waals surface area contributed by atoms with Crippen LogP contribution < -0.4 is 15.5 Å². The molecule has 0 spiro atoms. The van der Waals surface area contributed by atoms with Crippen molar-refractivity contribution >= 4 is 27.9 Å². The lowest BCUT2D eigenvalue weighted by atomic mass is 9.87. The molecule has 3 N–H and O–H groups in total. The highest BCUT2D eigenvalue weighted by atomic mass is 32.2. The average molecular weight is 493 g/mol.